The lowest BCUT2D eigenvalue weighted by Crippen LogP contribution is -2.51. The van der Waals surface area contributed by atoms with Crippen LogP contribution in [0.3, 0.4) is 0 Å². The Bertz CT molecular complexity index is 462. The second-order valence-corrected chi connectivity index (χ2v) is 5.62. The highest BCUT2D eigenvalue weighted by Gasteiger charge is 2.24. The lowest BCUT2D eigenvalue weighted by Gasteiger charge is -2.28. The van der Waals surface area contributed by atoms with Gasteiger partial charge in [-0.25, -0.2) is 0 Å². The molecular weight excluding hydrogens is 300 g/mol. The number of nitrogens with one attached hydrogen (secondary N) is 1. The minimum Gasteiger partial charge on any atom is -0.481 e. The van der Waals surface area contributed by atoms with Crippen molar-refractivity contribution in [2.45, 2.75) is 58.6 Å². The molecule has 4 nitrogen and oxygen atoms in total. The summed E-state index contributed by atoms with van der Waals surface area (Å²) in [4.78, 5) is 12.3. The molecule has 1 atom stereocenters. The number of benzene rings is 1. The number of hydrogen-bond acceptors (Lipinski definition) is 3. The van der Waals surface area contributed by atoms with Gasteiger partial charge in [0.2, 0.25) is 0 Å². The van der Waals surface area contributed by atoms with E-state index in [4.69, 9.17) is 10.5 Å². The van der Waals surface area contributed by atoms with Gasteiger partial charge in [-0.1, -0.05) is 32.9 Å². The lowest BCUT2D eigenvalue weighted by atomic mass is 9.94. The second kappa shape index (κ2) is 9.70. The van der Waals surface area contributed by atoms with Crippen molar-refractivity contribution in [3.8, 4) is 5.75 Å². The first-order chi connectivity index (χ1) is 9.94. The third-order valence-electron chi connectivity index (χ3n) is 3.95. The number of halogens is 1. The minimum absolute atomic E-state index is 0. The van der Waals surface area contributed by atoms with E-state index in [0.29, 0.717) is 13.0 Å². The van der Waals surface area contributed by atoms with Gasteiger partial charge in [0.15, 0.2) is 6.10 Å². The normalized spacial score (nSPS) is 12.2. The summed E-state index contributed by atoms with van der Waals surface area (Å²) in [6.07, 6.45) is 1.80. The molecule has 1 unspecified atom stereocenters. The predicted octanol–water partition coefficient (Wildman–Crippen LogP) is 3.21. The largest absolute Gasteiger partial charge is 0.481 e. The van der Waals surface area contributed by atoms with Crippen LogP contribution in [0.25, 0.3) is 0 Å². The van der Waals surface area contributed by atoms with Crippen molar-refractivity contribution >= 4 is 18.3 Å². The molecule has 3 N–H and O–H groups in total. The zero-order chi connectivity index (χ0) is 15.9. The molecule has 0 aliphatic rings. The average molecular weight is 329 g/mol. The van der Waals surface area contributed by atoms with E-state index in [9.17, 15) is 4.79 Å². The molecule has 0 aromatic heterocycles. The van der Waals surface area contributed by atoms with Crippen molar-refractivity contribution in [3.63, 3.8) is 0 Å². The molecule has 1 rings (SSSR count). The lowest BCUT2D eigenvalue weighted by molar-refractivity contribution is -0.128. The molecule has 126 valence electrons. The summed E-state index contributed by atoms with van der Waals surface area (Å²) in [6.45, 7) is 8.49. The van der Waals surface area contributed by atoms with Crippen molar-refractivity contribution < 1.29 is 9.53 Å². The van der Waals surface area contributed by atoms with Gasteiger partial charge in [0.05, 0.1) is 0 Å². The van der Waals surface area contributed by atoms with Crippen LogP contribution in [0.2, 0.25) is 0 Å². The van der Waals surface area contributed by atoms with Crippen molar-refractivity contribution in [1.29, 1.82) is 0 Å². The van der Waals surface area contributed by atoms with Gasteiger partial charge in [-0.3, -0.25) is 4.79 Å². The number of hydrogen-bond donors (Lipinski definition) is 2. The van der Waals surface area contributed by atoms with E-state index in [-0.39, 0.29) is 23.9 Å². The molecule has 0 aliphatic carbocycles. The third-order valence-corrected chi connectivity index (χ3v) is 3.95. The number of nitrogens with two attached hydrogens (primary N) is 1. The number of rotatable bonds is 8. The highest BCUT2D eigenvalue weighted by molar-refractivity contribution is 5.85. The number of carbonyl (C=O) groups excluding carboxylic acids is 1. The highest BCUT2D eigenvalue weighted by atomic mass is 35.5. The number of ether oxygens (including phenoxy) is 1. The molecule has 1 amide bonds. The van der Waals surface area contributed by atoms with Crippen LogP contribution in [-0.4, -0.2) is 24.1 Å². The summed E-state index contributed by atoms with van der Waals surface area (Å²) < 4.78 is 5.79. The van der Waals surface area contributed by atoms with Gasteiger partial charge in [-0.15, -0.1) is 12.4 Å². The first kappa shape index (κ1) is 20.7. The predicted molar refractivity (Wildman–Crippen MR) is 93.6 cm³/mol. The third kappa shape index (κ3) is 6.24. The maximum atomic E-state index is 12.3. The molecule has 0 spiro atoms. The van der Waals surface area contributed by atoms with Gasteiger partial charge in [0.1, 0.15) is 5.75 Å². The van der Waals surface area contributed by atoms with E-state index in [1.165, 1.54) is 0 Å². The van der Waals surface area contributed by atoms with Gasteiger partial charge in [0.25, 0.3) is 5.91 Å². The molecule has 0 bridgehead atoms. The smallest absolute Gasteiger partial charge is 0.261 e. The Kier molecular flexibility index (Phi) is 9.14. The zero-order valence-electron chi connectivity index (χ0n) is 14.0. The van der Waals surface area contributed by atoms with E-state index < -0.39 is 6.10 Å². The topological polar surface area (TPSA) is 64.3 Å². The van der Waals surface area contributed by atoms with Crippen LogP contribution in [0.5, 0.6) is 5.75 Å². The van der Waals surface area contributed by atoms with Crippen molar-refractivity contribution in [1.82, 2.24) is 5.32 Å². The van der Waals surface area contributed by atoms with Crippen LogP contribution in [0, 0.1) is 6.92 Å². The quantitative estimate of drug-likeness (QED) is 0.770. The van der Waals surface area contributed by atoms with Gasteiger partial charge in [-0.2, -0.15) is 0 Å². The molecule has 0 radical (unpaired) electrons. The van der Waals surface area contributed by atoms with E-state index in [1.54, 1.807) is 0 Å². The molecule has 0 fully saturated rings. The van der Waals surface area contributed by atoms with Gasteiger partial charge >= 0.3 is 0 Å². The monoisotopic (exact) mass is 328 g/mol. The number of amides is 1. The summed E-state index contributed by atoms with van der Waals surface area (Å²) >= 11 is 0. The van der Waals surface area contributed by atoms with E-state index in [1.807, 2.05) is 52.0 Å². The van der Waals surface area contributed by atoms with Crippen molar-refractivity contribution in [2.75, 3.05) is 6.54 Å². The Hall–Kier alpha value is -1.26. The second-order valence-electron chi connectivity index (χ2n) is 5.62. The van der Waals surface area contributed by atoms with Crippen LogP contribution in [-0.2, 0) is 4.79 Å². The Morgan fingerprint density at radius 1 is 1.32 bits per heavy atom. The maximum Gasteiger partial charge on any atom is 0.261 e. The van der Waals surface area contributed by atoms with Crippen molar-refractivity contribution in [2.24, 2.45) is 5.73 Å². The summed E-state index contributed by atoms with van der Waals surface area (Å²) in [5, 5.41) is 2.92. The van der Waals surface area contributed by atoms with Crippen LogP contribution < -0.4 is 15.8 Å². The highest BCUT2D eigenvalue weighted by Crippen LogP contribution is 2.16. The van der Waals surface area contributed by atoms with E-state index in [0.717, 1.165) is 24.2 Å². The van der Waals surface area contributed by atoms with Crippen LogP contribution >= 0.6 is 12.4 Å². The van der Waals surface area contributed by atoms with Crippen LogP contribution in [0.1, 0.15) is 45.6 Å². The van der Waals surface area contributed by atoms with Crippen LogP contribution in [0.15, 0.2) is 24.3 Å². The molecule has 0 saturated carbocycles. The molecule has 0 saturated heterocycles. The molecular formula is C17H29ClN2O2. The summed E-state index contributed by atoms with van der Waals surface area (Å²) in [5.41, 5.74) is 6.98. The Labute approximate surface area is 140 Å². The first-order valence-corrected chi connectivity index (χ1v) is 7.74. The Morgan fingerprint density at radius 2 is 1.95 bits per heavy atom. The minimum atomic E-state index is -0.482. The van der Waals surface area contributed by atoms with Gasteiger partial charge in [0, 0.05) is 12.1 Å². The molecule has 0 heterocycles. The fraction of sp³-hybridized carbons (Fsp3) is 0.588. The average Bonchev–Trinajstić information content (AvgIpc) is 2.50. The van der Waals surface area contributed by atoms with Gasteiger partial charge < -0.3 is 15.8 Å². The maximum absolute atomic E-state index is 12.3. The van der Waals surface area contributed by atoms with Crippen molar-refractivity contribution in [3.05, 3.63) is 29.8 Å². The standard InChI is InChI=1S/C17H28N2O2.ClH/c1-5-15(21-14-10-8-9-13(4)11-14)16(20)19-12-17(18,6-2)7-3;/h8-11,15H,5-7,12,18H2,1-4H3,(H,19,20);1H. The zero-order valence-corrected chi connectivity index (χ0v) is 14.8. The molecule has 1 aromatic rings. The summed E-state index contributed by atoms with van der Waals surface area (Å²) in [6, 6.07) is 7.73. The Morgan fingerprint density at radius 3 is 2.45 bits per heavy atom. The summed E-state index contributed by atoms with van der Waals surface area (Å²) in [7, 11) is 0. The number of aryl methyl sites for hydroxylation is 1. The fourth-order valence-corrected chi connectivity index (χ4v) is 2.05. The summed E-state index contributed by atoms with van der Waals surface area (Å²) in [5.74, 6) is 0.623. The van der Waals surface area contributed by atoms with E-state index in [2.05, 4.69) is 5.32 Å². The molecule has 5 heteroatoms. The molecule has 0 aliphatic heterocycles. The molecule has 22 heavy (non-hydrogen) atoms. The molecule has 1 aromatic carbocycles. The van der Waals surface area contributed by atoms with E-state index >= 15 is 0 Å². The van der Waals surface area contributed by atoms with Crippen LogP contribution in [0.4, 0.5) is 0 Å². The Balaban J connectivity index is 0.00000441. The SMILES string of the molecule is CCC(Oc1cccc(C)c1)C(=O)NCC(N)(CC)CC.Cl. The van der Waals surface area contributed by atoms with Gasteiger partial charge in [-0.05, 0) is 43.9 Å². The number of carbonyl (C=O) groups is 1. The fourth-order valence-electron chi connectivity index (χ4n) is 2.05. The first-order valence-electron chi connectivity index (χ1n) is 7.74.